The minimum atomic E-state index is -0.323. The van der Waals surface area contributed by atoms with Crippen LogP contribution in [0.15, 0.2) is 58.1 Å². The molecule has 2 aromatic carbocycles. The van der Waals surface area contributed by atoms with Crippen LogP contribution >= 0.6 is 15.9 Å². The number of hydrogen-bond donors (Lipinski definition) is 2. The van der Waals surface area contributed by atoms with Crippen LogP contribution in [0.4, 0.5) is 0 Å². The molecule has 7 heteroatoms. The van der Waals surface area contributed by atoms with Gasteiger partial charge in [0.1, 0.15) is 5.75 Å². The van der Waals surface area contributed by atoms with Crippen molar-refractivity contribution in [3.63, 3.8) is 0 Å². The fourth-order valence-electron chi connectivity index (χ4n) is 2.67. The summed E-state index contributed by atoms with van der Waals surface area (Å²) < 4.78 is 2.71. The predicted octanol–water partition coefficient (Wildman–Crippen LogP) is 3.78. The molecule has 0 atom stereocenters. The van der Waals surface area contributed by atoms with Crippen LogP contribution in [0.25, 0.3) is 0 Å². The normalized spacial score (nSPS) is 11.1. The number of carbonyl (C=O) groups is 1. The molecular weight excluding hydrogens is 408 g/mol. The second kappa shape index (κ2) is 8.18. The Kier molecular flexibility index (Phi) is 5.71. The molecule has 138 valence electrons. The monoisotopic (exact) mass is 426 g/mol. The number of phenols is 1. The first-order chi connectivity index (χ1) is 12.9. The van der Waals surface area contributed by atoms with E-state index in [-0.39, 0.29) is 11.7 Å². The molecule has 0 fully saturated rings. The predicted molar refractivity (Wildman–Crippen MR) is 108 cm³/mol. The van der Waals surface area contributed by atoms with Crippen LogP contribution in [0.1, 0.15) is 32.9 Å². The number of nitrogens with zero attached hydrogens (tertiary/aromatic N) is 3. The number of aromatic hydroxyl groups is 1. The maximum absolute atomic E-state index is 12.3. The Morgan fingerprint density at radius 1 is 1.26 bits per heavy atom. The van der Waals surface area contributed by atoms with Gasteiger partial charge in [-0.2, -0.15) is 10.2 Å². The van der Waals surface area contributed by atoms with Crippen LogP contribution in [-0.4, -0.2) is 27.0 Å². The molecule has 6 nitrogen and oxygen atoms in total. The van der Waals surface area contributed by atoms with Gasteiger partial charge >= 0.3 is 0 Å². The van der Waals surface area contributed by atoms with E-state index in [1.54, 1.807) is 24.3 Å². The highest BCUT2D eigenvalue weighted by Crippen LogP contribution is 2.20. The number of aromatic nitrogens is 2. The lowest BCUT2D eigenvalue weighted by Crippen LogP contribution is -2.18. The topological polar surface area (TPSA) is 79.5 Å². The molecule has 0 bridgehead atoms. The molecule has 1 amide bonds. The van der Waals surface area contributed by atoms with Gasteiger partial charge in [0.2, 0.25) is 0 Å². The molecule has 3 rings (SSSR count). The number of benzene rings is 2. The van der Waals surface area contributed by atoms with Gasteiger partial charge in [0.15, 0.2) is 0 Å². The number of hydrogen-bond acceptors (Lipinski definition) is 4. The summed E-state index contributed by atoms with van der Waals surface area (Å²) in [7, 11) is 0. The van der Waals surface area contributed by atoms with Crippen molar-refractivity contribution in [2.45, 2.75) is 20.4 Å². The van der Waals surface area contributed by atoms with E-state index in [2.05, 4.69) is 31.6 Å². The average molecular weight is 427 g/mol. The summed E-state index contributed by atoms with van der Waals surface area (Å²) >= 11 is 3.33. The Morgan fingerprint density at radius 3 is 2.81 bits per heavy atom. The molecule has 0 aliphatic heterocycles. The fraction of sp³-hybridized carbons (Fsp3) is 0.150. The first-order valence-corrected chi connectivity index (χ1v) is 9.13. The third-order valence-corrected chi connectivity index (χ3v) is 4.48. The van der Waals surface area contributed by atoms with E-state index in [0.29, 0.717) is 17.7 Å². The molecule has 0 aliphatic carbocycles. The first kappa shape index (κ1) is 18.8. The summed E-state index contributed by atoms with van der Waals surface area (Å²) in [6.45, 7) is 4.55. The molecule has 1 heterocycles. The molecule has 1 aromatic heterocycles. The number of hydrazone groups is 1. The maximum Gasteiger partial charge on any atom is 0.271 e. The van der Waals surface area contributed by atoms with Crippen molar-refractivity contribution in [2.75, 3.05) is 0 Å². The minimum absolute atomic E-state index is 0.0862. The van der Waals surface area contributed by atoms with Gasteiger partial charge in [-0.3, -0.25) is 9.48 Å². The standard InChI is InChI=1S/C20H19BrN4O2/c1-13-8-14(2)25(24-13)12-15-4-3-5-16(9-15)20(27)23-22-11-17-10-18(21)6-7-19(17)26/h3-11,26H,12H2,1-2H3,(H,23,27)/b22-11-. The molecule has 2 N–H and O–H groups in total. The van der Waals surface area contributed by atoms with Crippen molar-refractivity contribution in [1.29, 1.82) is 0 Å². The van der Waals surface area contributed by atoms with Crippen molar-refractivity contribution in [2.24, 2.45) is 5.10 Å². The van der Waals surface area contributed by atoms with Gasteiger partial charge in [-0.05, 0) is 55.8 Å². The number of phenolic OH excluding ortho intramolecular Hbond substituents is 1. The number of carbonyl (C=O) groups excluding carboxylic acids is 1. The molecule has 0 aliphatic rings. The number of aryl methyl sites for hydroxylation is 2. The molecule has 0 saturated carbocycles. The van der Waals surface area contributed by atoms with Gasteiger partial charge in [0.05, 0.1) is 18.5 Å². The van der Waals surface area contributed by atoms with Gasteiger partial charge < -0.3 is 5.11 Å². The molecule has 0 spiro atoms. The molecule has 27 heavy (non-hydrogen) atoms. The summed E-state index contributed by atoms with van der Waals surface area (Å²) in [6.07, 6.45) is 1.40. The van der Waals surface area contributed by atoms with Crippen LogP contribution < -0.4 is 5.43 Å². The molecule has 0 unspecified atom stereocenters. The number of amides is 1. The number of halogens is 1. The van der Waals surface area contributed by atoms with E-state index in [0.717, 1.165) is 21.4 Å². The zero-order valence-electron chi connectivity index (χ0n) is 15.0. The van der Waals surface area contributed by atoms with E-state index in [1.165, 1.54) is 6.21 Å². The smallest absolute Gasteiger partial charge is 0.271 e. The summed E-state index contributed by atoms with van der Waals surface area (Å²) in [5.74, 6) is -0.237. The highest BCUT2D eigenvalue weighted by molar-refractivity contribution is 9.10. The highest BCUT2D eigenvalue weighted by Gasteiger charge is 2.07. The maximum atomic E-state index is 12.3. The fourth-order valence-corrected chi connectivity index (χ4v) is 3.05. The van der Waals surface area contributed by atoms with E-state index < -0.39 is 0 Å². The van der Waals surface area contributed by atoms with Crippen molar-refractivity contribution in [3.8, 4) is 5.75 Å². The Bertz CT molecular complexity index is 1010. The summed E-state index contributed by atoms with van der Waals surface area (Å²) in [5.41, 5.74) is 6.50. The van der Waals surface area contributed by atoms with Gasteiger partial charge in [0, 0.05) is 21.3 Å². The van der Waals surface area contributed by atoms with E-state index >= 15 is 0 Å². The molecule has 0 saturated heterocycles. The largest absolute Gasteiger partial charge is 0.507 e. The summed E-state index contributed by atoms with van der Waals surface area (Å²) in [6, 6.07) is 14.3. The lowest BCUT2D eigenvalue weighted by atomic mass is 10.1. The second-order valence-electron chi connectivity index (χ2n) is 6.19. The van der Waals surface area contributed by atoms with Crippen molar-refractivity contribution >= 4 is 28.1 Å². The van der Waals surface area contributed by atoms with Gasteiger partial charge in [0.25, 0.3) is 5.91 Å². The van der Waals surface area contributed by atoms with Crippen LogP contribution in [0.3, 0.4) is 0 Å². The Balaban J connectivity index is 1.69. The summed E-state index contributed by atoms with van der Waals surface area (Å²) in [4.78, 5) is 12.3. The van der Waals surface area contributed by atoms with Gasteiger partial charge in [-0.15, -0.1) is 0 Å². The van der Waals surface area contributed by atoms with Crippen molar-refractivity contribution in [1.82, 2.24) is 15.2 Å². The lowest BCUT2D eigenvalue weighted by Gasteiger charge is -2.07. The van der Waals surface area contributed by atoms with Gasteiger partial charge in [-0.25, -0.2) is 5.43 Å². The molecular formula is C20H19BrN4O2. The van der Waals surface area contributed by atoms with E-state index in [4.69, 9.17) is 0 Å². The highest BCUT2D eigenvalue weighted by atomic mass is 79.9. The Morgan fingerprint density at radius 2 is 2.07 bits per heavy atom. The summed E-state index contributed by atoms with van der Waals surface area (Å²) in [5, 5.41) is 18.2. The van der Waals surface area contributed by atoms with Crippen molar-refractivity contribution < 1.29 is 9.90 Å². The molecule has 3 aromatic rings. The average Bonchev–Trinajstić information content (AvgIpc) is 2.95. The first-order valence-electron chi connectivity index (χ1n) is 8.34. The van der Waals surface area contributed by atoms with Crippen LogP contribution in [-0.2, 0) is 6.54 Å². The van der Waals surface area contributed by atoms with Crippen molar-refractivity contribution in [3.05, 3.63) is 81.1 Å². The minimum Gasteiger partial charge on any atom is -0.507 e. The van der Waals surface area contributed by atoms with E-state index in [9.17, 15) is 9.90 Å². The Labute approximate surface area is 165 Å². The van der Waals surface area contributed by atoms with Crippen LogP contribution in [0.2, 0.25) is 0 Å². The number of nitrogens with one attached hydrogen (secondary N) is 1. The second-order valence-corrected chi connectivity index (χ2v) is 7.10. The van der Waals surface area contributed by atoms with Crippen LogP contribution in [0, 0.1) is 13.8 Å². The number of rotatable bonds is 5. The third-order valence-electron chi connectivity index (χ3n) is 3.98. The SMILES string of the molecule is Cc1cc(C)n(Cc2cccc(C(=O)N/N=C\c3cc(Br)ccc3O)c2)n1. The molecule has 0 radical (unpaired) electrons. The zero-order valence-corrected chi connectivity index (χ0v) is 16.6. The zero-order chi connectivity index (χ0) is 19.4. The van der Waals surface area contributed by atoms with Gasteiger partial charge in [-0.1, -0.05) is 28.1 Å². The lowest BCUT2D eigenvalue weighted by molar-refractivity contribution is 0.0955. The van der Waals surface area contributed by atoms with E-state index in [1.807, 2.05) is 42.8 Å². The quantitative estimate of drug-likeness (QED) is 0.481. The van der Waals surface area contributed by atoms with Crippen LogP contribution in [0.5, 0.6) is 5.75 Å². The third kappa shape index (κ3) is 4.83. The Hall–Kier alpha value is -2.93.